The molecule has 3 unspecified atom stereocenters. The van der Waals surface area contributed by atoms with Crippen LogP contribution in [0.4, 0.5) is 0 Å². The molecule has 1 aromatic heterocycles. The SMILES string of the molecule is CC(NC(=O)C1CC(O)CN1)c1nccs1. The first-order valence-corrected chi connectivity index (χ1v) is 6.16. The van der Waals surface area contributed by atoms with Crippen LogP contribution in [-0.2, 0) is 4.79 Å². The van der Waals surface area contributed by atoms with E-state index in [0.717, 1.165) is 5.01 Å². The van der Waals surface area contributed by atoms with Gasteiger partial charge in [-0.3, -0.25) is 4.79 Å². The molecule has 0 saturated carbocycles. The molecule has 0 bridgehead atoms. The van der Waals surface area contributed by atoms with Crippen molar-refractivity contribution in [3.63, 3.8) is 0 Å². The summed E-state index contributed by atoms with van der Waals surface area (Å²) < 4.78 is 0. The first kappa shape index (κ1) is 11.5. The van der Waals surface area contributed by atoms with Crippen LogP contribution in [0.15, 0.2) is 11.6 Å². The van der Waals surface area contributed by atoms with Gasteiger partial charge in [0.05, 0.1) is 18.2 Å². The van der Waals surface area contributed by atoms with Crippen LogP contribution in [0.3, 0.4) is 0 Å². The lowest BCUT2D eigenvalue weighted by Gasteiger charge is -2.15. The zero-order valence-corrected chi connectivity index (χ0v) is 9.83. The summed E-state index contributed by atoms with van der Waals surface area (Å²) >= 11 is 1.52. The Kier molecular flexibility index (Phi) is 3.52. The van der Waals surface area contributed by atoms with Crippen LogP contribution >= 0.6 is 11.3 Å². The van der Waals surface area contributed by atoms with Crippen molar-refractivity contribution in [1.29, 1.82) is 0 Å². The van der Waals surface area contributed by atoms with E-state index in [1.165, 1.54) is 11.3 Å². The average molecular weight is 241 g/mol. The summed E-state index contributed by atoms with van der Waals surface area (Å²) in [6, 6.07) is -0.357. The minimum atomic E-state index is -0.411. The fraction of sp³-hybridized carbons (Fsp3) is 0.600. The van der Waals surface area contributed by atoms with Gasteiger partial charge in [0, 0.05) is 18.1 Å². The second kappa shape index (κ2) is 4.90. The Morgan fingerprint density at radius 3 is 3.19 bits per heavy atom. The summed E-state index contributed by atoms with van der Waals surface area (Å²) in [6.07, 6.45) is 1.79. The van der Waals surface area contributed by atoms with Crippen LogP contribution in [0.2, 0.25) is 0 Å². The first-order chi connectivity index (χ1) is 7.66. The molecule has 16 heavy (non-hydrogen) atoms. The highest BCUT2D eigenvalue weighted by molar-refractivity contribution is 7.09. The third-order valence-corrected chi connectivity index (χ3v) is 3.56. The Bertz CT molecular complexity index is 355. The van der Waals surface area contributed by atoms with Crippen molar-refractivity contribution in [2.45, 2.75) is 31.5 Å². The molecular formula is C10H15N3O2S. The van der Waals surface area contributed by atoms with Crippen molar-refractivity contribution in [2.75, 3.05) is 6.54 Å². The number of carbonyl (C=O) groups is 1. The molecule has 6 heteroatoms. The van der Waals surface area contributed by atoms with Crippen molar-refractivity contribution < 1.29 is 9.90 Å². The van der Waals surface area contributed by atoms with Gasteiger partial charge in [0.15, 0.2) is 0 Å². The predicted molar refractivity (Wildman–Crippen MR) is 61.1 cm³/mol. The monoisotopic (exact) mass is 241 g/mol. The molecule has 1 saturated heterocycles. The van der Waals surface area contributed by atoms with Gasteiger partial charge >= 0.3 is 0 Å². The van der Waals surface area contributed by atoms with E-state index >= 15 is 0 Å². The highest BCUT2D eigenvalue weighted by atomic mass is 32.1. The van der Waals surface area contributed by atoms with E-state index in [1.807, 2.05) is 12.3 Å². The van der Waals surface area contributed by atoms with Crippen molar-refractivity contribution in [3.05, 3.63) is 16.6 Å². The smallest absolute Gasteiger partial charge is 0.237 e. The minimum Gasteiger partial charge on any atom is -0.392 e. The van der Waals surface area contributed by atoms with Gasteiger partial charge < -0.3 is 15.7 Å². The molecule has 0 radical (unpaired) electrons. The standard InChI is InChI=1S/C10H15N3O2S/c1-6(10-11-2-3-16-10)13-9(15)8-4-7(14)5-12-8/h2-3,6-8,12,14H,4-5H2,1H3,(H,13,15). The van der Waals surface area contributed by atoms with E-state index in [1.54, 1.807) is 6.20 Å². The summed E-state index contributed by atoms with van der Waals surface area (Å²) in [5, 5.41) is 18.0. The Balaban J connectivity index is 1.88. The number of aliphatic hydroxyl groups is 1. The molecule has 2 rings (SSSR count). The lowest BCUT2D eigenvalue weighted by Crippen LogP contribution is -2.41. The minimum absolute atomic E-state index is 0.0701. The highest BCUT2D eigenvalue weighted by Gasteiger charge is 2.28. The molecule has 1 amide bonds. The lowest BCUT2D eigenvalue weighted by atomic mass is 10.2. The number of hydrogen-bond donors (Lipinski definition) is 3. The van der Waals surface area contributed by atoms with Crippen molar-refractivity contribution in [1.82, 2.24) is 15.6 Å². The van der Waals surface area contributed by atoms with Crippen LogP contribution in [0.5, 0.6) is 0 Å². The van der Waals surface area contributed by atoms with Gasteiger partial charge in [-0.2, -0.15) is 0 Å². The number of aliphatic hydroxyl groups excluding tert-OH is 1. The predicted octanol–water partition coefficient (Wildman–Crippen LogP) is 0.0431. The lowest BCUT2D eigenvalue weighted by molar-refractivity contribution is -0.123. The molecule has 0 aromatic carbocycles. The molecule has 3 N–H and O–H groups in total. The fourth-order valence-corrected chi connectivity index (χ4v) is 2.39. The largest absolute Gasteiger partial charge is 0.392 e. The number of aromatic nitrogens is 1. The molecule has 2 heterocycles. The number of β-amino-alcohol motifs (C(OH)–C–C–N with tert-alkyl or cyclic N) is 1. The van der Waals surface area contributed by atoms with Gasteiger partial charge in [-0.05, 0) is 13.3 Å². The topological polar surface area (TPSA) is 74.2 Å². The Morgan fingerprint density at radius 1 is 1.81 bits per heavy atom. The Labute approximate surface area is 97.9 Å². The number of hydrogen-bond acceptors (Lipinski definition) is 5. The third kappa shape index (κ3) is 2.58. The van der Waals surface area contributed by atoms with Gasteiger partial charge in [-0.25, -0.2) is 4.98 Å². The molecule has 0 spiro atoms. The average Bonchev–Trinajstić information content (AvgIpc) is 2.87. The number of thiazole rings is 1. The van der Waals surface area contributed by atoms with E-state index < -0.39 is 6.10 Å². The Morgan fingerprint density at radius 2 is 2.62 bits per heavy atom. The van der Waals surface area contributed by atoms with Gasteiger partial charge in [0.1, 0.15) is 5.01 Å². The number of carbonyl (C=O) groups excluding carboxylic acids is 1. The zero-order valence-electron chi connectivity index (χ0n) is 9.01. The summed E-state index contributed by atoms with van der Waals surface area (Å²) in [6.45, 7) is 2.39. The Hall–Kier alpha value is -0.980. The quantitative estimate of drug-likeness (QED) is 0.698. The second-order valence-corrected chi connectivity index (χ2v) is 4.88. The number of nitrogens with zero attached hydrogens (tertiary/aromatic N) is 1. The maximum absolute atomic E-state index is 11.8. The summed E-state index contributed by atoms with van der Waals surface area (Å²) in [7, 11) is 0. The number of rotatable bonds is 3. The van der Waals surface area contributed by atoms with Crippen molar-refractivity contribution in [2.24, 2.45) is 0 Å². The maximum atomic E-state index is 11.8. The summed E-state index contributed by atoms with van der Waals surface area (Å²) in [5.41, 5.74) is 0. The van der Waals surface area contributed by atoms with Gasteiger partial charge in [0.2, 0.25) is 5.91 Å². The maximum Gasteiger partial charge on any atom is 0.237 e. The van der Waals surface area contributed by atoms with E-state index in [-0.39, 0.29) is 18.0 Å². The van der Waals surface area contributed by atoms with Gasteiger partial charge in [-0.1, -0.05) is 0 Å². The van der Waals surface area contributed by atoms with Crippen molar-refractivity contribution in [3.8, 4) is 0 Å². The van der Waals surface area contributed by atoms with Crippen molar-refractivity contribution >= 4 is 17.2 Å². The molecule has 1 fully saturated rings. The normalized spacial score (nSPS) is 26.6. The molecule has 1 aliphatic heterocycles. The molecular weight excluding hydrogens is 226 g/mol. The zero-order chi connectivity index (χ0) is 11.5. The summed E-state index contributed by atoms with van der Waals surface area (Å²) in [5.74, 6) is -0.0701. The van der Waals surface area contributed by atoms with E-state index in [4.69, 9.17) is 0 Å². The fourth-order valence-electron chi connectivity index (χ4n) is 1.74. The van der Waals surface area contributed by atoms with E-state index in [0.29, 0.717) is 13.0 Å². The number of amides is 1. The molecule has 1 aliphatic rings. The van der Waals surface area contributed by atoms with Gasteiger partial charge in [-0.15, -0.1) is 11.3 Å². The molecule has 88 valence electrons. The van der Waals surface area contributed by atoms with Crippen LogP contribution in [0, 0.1) is 0 Å². The molecule has 3 atom stereocenters. The second-order valence-electron chi connectivity index (χ2n) is 3.95. The van der Waals surface area contributed by atoms with Gasteiger partial charge in [0.25, 0.3) is 0 Å². The van der Waals surface area contributed by atoms with Crippen LogP contribution < -0.4 is 10.6 Å². The molecule has 0 aliphatic carbocycles. The highest BCUT2D eigenvalue weighted by Crippen LogP contribution is 2.15. The van der Waals surface area contributed by atoms with Crippen LogP contribution in [0.1, 0.15) is 24.4 Å². The van der Waals surface area contributed by atoms with E-state index in [9.17, 15) is 9.90 Å². The molecule has 5 nitrogen and oxygen atoms in total. The summed E-state index contributed by atoms with van der Waals surface area (Å²) in [4.78, 5) is 15.9. The first-order valence-electron chi connectivity index (χ1n) is 5.28. The molecule has 1 aromatic rings. The van der Waals surface area contributed by atoms with Crippen LogP contribution in [0.25, 0.3) is 0 Å². The van der Waals surface area contributed by atoms with E-state index in [2.05, 4.69) is 15.6 Å². The van der Waals surface area contributed by atoms with Crippen LogP contribution in [-0.4, -0.2) is 34.7 Å². The third-order valence-electron chi connectivity index (χ3n) is 2.60. The number of nitrogens with one attached hydrogen (secondary N) is 2.